The van der Waals surface area contributed by atoms with Crippen molar-refractivity contribution in [1.82, 2.24) is 0 Å². The SMILES string of the molecule is O=C1C[C@@H]2[C@@H](/C=C/c3ccccc3)[C@H](OC(=O)c3ccc(-c4ccccc4)cc3)C[C@@H]2O1. The third kappa shape index (κ3) is 4.22. The van der Waals surface area contributed by atoms with E-state index in [9.17, 15) is 9.59 Å². The molecule has 0 bridgehead atoms. The fraction of sp³-hybridized carbons (Fsp3) is 0.214. The molecule has 3 aromatic rings. The van der Waals surface area contributed by atoms with Crippen LogP contribution in [0.3, 0.4) is 0 Å². The van der Waals surface area contributed by atoms with Gasteiger partial charge in [-0.25, -0.2) is 4.79 Å². The molecule has 2 fully saturated rings. The smallest absolute Gasteiger partial charge is 0.338 e. The minimum atomic E-state index is -0.348. The van der Waals surface area contributed by atoms with Crippen LogP contribution in [-0.4, -0.2) is 24.1 Å². The number of hydrogen-bond donors (Lipinski definition) is 0. The van der Waals surface area contributed by atoms with Crippen LogP contribution in [0.1, 0.15) is 28.8 Å². The molecule has 2 aliphatic rings. The van der Waals surface area contributed by atoms with E-state index in [1.807, 2.05) is 78.9 Å². The van der Waals surface area contributed by atoms with Gasteiger partial charge in [-0.05, 0) is 28.8 Å². The molecule has 1 aliphatic heterocycles. The molecule has 0 spiro atoms. The molecular formula is C28H24O4. The van der Waals surface area contributed by atoms with Gasteiger partial charge < -0.3 is 9.47 Å². The highest BCUT2D eigenvalue weighted by Crippen LogP contribution is 2.44. The van der Waals surface area contributed by atoms with Gasteiger partial charge in [0.05, 0.1) is 12.0 Å². The molecule has 0 unspecified atom stereocenters. The van der Waals surface area contributed by atoms with Crippen molar-refractivity contribution in [2.45, 2.75) is 25.0 Å². The molecule has 1 saturated carbocycles. The largest absolute Gasteiger partial charge is 0.462 e. The first kappa shape index (κ1) is 20.3. The Labute approximate surface area is 187 Å². The van der Waals surface area contributed by atoms with Crippen molar-refractivity contribution in [2.75, 3.05) is 0 Å². The first-order valence-electron chi connectivity index (χ1n) is 11.0. The van der Waals surface area contributed by atoms with Gasteiger partial charge in [0.1, 0.15) is 12.2 Å². The zero-order chi connectivity index (χ0) is 21.9. The Bertz CT molecular complexity index is 1120. The topological polar surface area (TPSA) is 52.6 Å². The normalized spacial score (nSPS) is 24.3. The summed E-state index contributed by atoms with van der Waals surface area (Å²) in [6.45, 7) is 0. The van der Waals surface area contributed by atoms with Crippen molar-refractivity contribution in [3.8, 4) is 11.1 Å². The van der Waals surface area contributed by atoms with Crippen molar-refractivity contribution >= 4 is 18.0 Å². The van der Waals surface area contributed by atoms with Crippen molar-refractivity contribution in [3.63, 3.8) is 0 Å². The molecule has 1 saturated heterocycles. The van der Waals surface area contributed by atoms with Gasteiger partial charge in [-0.3, -0.25) is 4.79 Å². The highest BCUT2D eigenvalue weighted by Gasteiger charge is 2.50. The summed E-state index contributed by atoms with van der Waals surface area (Å²) in [5.74, 6) is -0.529. The second-order valence-corrected chi connectivity index (χ2v) is 8.37. The van der Waals surface area contributed by atoms with Crippen LogP contribution in [0, 0.1) is 11.8 Å². The molecule has 32 heavy (non-hydrogen) atoms. The highest BCUT2D eigenvalue weighted by atomic mass is 16.6. The number of benzene rings is 3. The molecule has 5 rings (SSSR count). The lowest BCUT2D eigenvalue weighted by Crippen LogP contribution is -2.24. The van der Waals surface area contributed by atoms with Gasteiger partial charge >= 0.3 is 11.9 Å². The zero-order valence-corrected chi connectivity index (χ0v) is 17.6. The predicted octanol–water partition coefficient (Wildman–Crippen LogP) is 5.54. The van der Waals surface area contributed by atoms with Crippen LogP contribution in [-0.2, 0) is 14.3 Å². The maximum atomic E-state index is 12.9. The standard InChI is InChI=1S/C28H24O4/c29-27-17-24-23(16-11-19-7-3-1-4-8-19)25(18-26(24)31-27)32-28(30)22-14-12-21(13-15-22)20-9-5-2-6-10-20/h1-16,23-26H,17-18H2/b16-11+/t23-,24-,25-,26+/m1/s1. The summed E-state index contributed by atoms with van der Waals surface area (Å²) in [4.78, 5) is 24.7. The van der Waals surface area contributed by atoms with Crippen LogP contribution in [0.25, 0.3) is 17.2 Å². The third-order valence-corrected chi connectivity index (χ3v) is 6.35. The first-order chi connectivity index (χ1) is 15.7. The molecule has 0 radical (unpaired) electrons. The van der Waals surface area contributed by atoms with E-state index in [4.69, 9.17) is 9.47 Å². The fourth-order valence-corrected chi connectivity index (χ4v) is 4.71. The number of carbonyl (C=O) groups is 2. The van der Waals surface area contributed by atoms with Crippen molar-refractivity contribution in [2.24, 2.45) is 11.8 Å². The van der Waals surface area contributed by atoms with E-state index in [0.717, 1.165) is 16.7 Å². The maximum absolute atomic E-state index is 12.9. The van der Waals surface area contributed by atoms with Crippen LogP contribution in [0.4, 0.5) is 0 Å². The second-order valence-electron chi connectivity index (χ2n) is 8.37. The molecule has 0 N–H and O–H groups in total. The average Bonchev–Trinajstić information content (AvgIpc) is 3.34. The number of ether oxygens (including phenoxy) is 2. The summed E-state index contributed by atoms with van der Waals surface area (Å²) in [6.07, 6.45) is 4.50. The predicted molar refractivity (Wildman–Crippen MR) is 123 cm³/mol. The summed E-state index contributed by atoms with van der Waals surface area (Å²) in [6, 6.07) is 27.5. The summed E-state index contributed by atoms with van der Waals surface area (Å²) in [5, 5.41) is 0. The van der Waals surface area contributed by atoms with Gasteiger partial charge in [0.2, 0.25) is 0 Å². The number of esters is 2. The van der Waals surface area contributed by atoms with Crippen LogP contribution < -0.4 is 0 Å². The molecule has 4 atom stereocenters. The van der Waals surface area contributed by atoms with E-state index in [1.54, 1.807) is 12.1 Å². The lowest BCUT2D eigenvalue weighted by atomic mass is 9.91. The zero-order valence-electron chi connectivity index (χ0n) is 17.6. The summed E-state index contributed by atoms with van der Waals surface area (Å²) in [7, 11) is 0. The van der Waals surface area contributed by atoms with E-state index in [-0.39, 0.29) is 36.0 Å². The molecule has 160 valence electrons. The van der Waals surface area contributed by atoms with Crippen LogP contribution in [0.2, 0.25) is 0 Å². The fourth-order valence-electron chi connectivity index (χ4n) is 4.71. The third-order valence-electron chi connectivity index (χ3n) is 6.35. The van der Waals surface area contributed by atoms with Gasteiger partial charge in [-0.15, -0.1) is 0 Å². The highest BCUT2D eigenvalue weighted by molar-refractivity contribution is 5.90. The second kappa shape index (κ2) is 8.83. The van der Waals surface area contributed by atoms with Gasteiger partial charge in [-0.2, -0.15) is 0 Å². The van der Waals surface area contributed by atoms with Gasteiger partial charge in [-0.1, -0.05) is 84.9 Å². The first-order valence-corrected chi connectivity index (χ1v) is 11.0. The van der Waals surface area contributed by atoms with Crippen molar-refractivity contribution in [3.05, 3.63) is 102 Å². The van der Waals surface area contributed by atoms with Gasteiger partial charge in [0.25, 0.3) is 0 Å². The van der Waals surface area contributed by atoms with Crippen molar-refractivity contribution < 1.29 is 19.1 Å². The summed E-state index contributed by atoms with van der Waals surface area (Å²) in [5.41, 5.74) is 3.74. The van der Waals surface area contributed by atoms with E-state index in [1.165, 1.54) is 0 Å². The molecular weight excluding hydrogens is 400 g/mol. The Kier molecular flexibility index (Phi) is 5.59. The minimum absolute atomic E-state index is 0.0423. The molecule has 4 heteroatoms. The summed E-state index contributed by atoms with van der Waals surface area (Å²) < 4.78 is 11.4. The monoisotopic (exact) mass is 424 g/mol. The quantitative estimate of drug-likeness (QED) is 0.505. The van der Waals surface area contributed by atoms with E-state index >= 15 is 0 Å². The Hall–Kier alpha value is -3.66. The van der Waals surface area contributed by atoms with E-state index in [2.05, 4.69) is 6.08 Å². The molecule has 0 amide bonds. The lowest BCUT2D eigenvalue weighted by Gasteiger charge is -2.20. The van der Waals surface area contributed by atoms with E-state index in [0.29, 0.717) is 18.4 Å². The Balaban J connectivity index is 1.32. The lowest BCUT2D eigenvalue weighted by molar-refractivity contribution is -0.141. The number of carbonyl (C=O) groups excluding carboxylic acids is 2. The Morgan fingerprint density at radius 3 is 2.25 bits per heavy atom. The van der Waals surface area contributed by atoms with Crippen LogP contribution in [0.15, 0.2) is 91.0 Å². The number of hydrogen-bond acceptors (Lipinski definition) is 4. The molecule has 3 aromatic carbocycles. The average molecular weight is 424 g/mol. The molecule has 1 heterocycles. The molecule has 1 aliphatic carbocycles. The Morgan fingerprint density at radius 2 is 1.53 bits per heavy atom. The molecule has 4 nitrogen and oxygen atoms in total. The molecule has 0 aromatic heterocycles. The Morgan fingerprint density at radius 1 is 0.875 bits per heavy atom. The van der Waals surface area contributed by atoms with Crippen molar-refractivity contribution in [1.29, 1.82) is 0 Å². The van der Waals surface area contributed by atoms with Crippen LogP contribution in [0.5, 0.6) is 0 Å². The van der Waals surface area contributed by atoms with Gasteiger partial charge in [0.15, 0.2) is 0 Å². The van der Waals surface area contributed by atoms with Crippen LogP contribution >= 0.6 is 0 Å². The summed E-state index contributed by atoms with van der Waals surface area (Å²) >= 11 is 0. The number of fused-ring (bicyclic) bond motifs is 1. The maximum Gasteiger partial charge on any atom is 0.338 e. The van der Waals surface area contributed by atoms with E-state index < -0.39 is 0 Å². The minimum Gasteiger partial charge on any atom is -0.462 e. The van der Waals surface area contributed by atoms with Gasteiger partial charge in [0, 0.05) is 18.3 Å². The number of rotatable bonds is 5.